The van der Waals surface area contributed by atoms with Gasteiger partial charge >= 0.3 is 0 Å². The Morgan fingerprint density at radius 1 is 1.28 bits per heavy atom. The summed E-state index contributed by atoms with van der Waals surface area (Å²) in [5.41, 5.74) is 7.42. The fourth-order valence-electron chi connectivity index (χ4n) is 2.72. The third kappa shape index (κ3) is 1.98. The average Bonchev–Trinajstić information content (AvgIpc) is 2.75. The number of nitrogens with one attached hydrogen (secondary N) is 1. The summed E-state index contributed by atoms with van der Waals surface area (Å²) in [6, 6.07) is 6.31. The van der Waals surface area contributed by atoms with Crippen molar-refractivity contribution in [2.75, 3.05) is 11.1 Å². The zero-order valence-electron chi connectivity index (χ0n) is 10.6. The van der Waals surface area contributed by atoms with Gasteiger partial charge in [-0.3, -0.25) is 0 Å². The van der Waals surface area contributed by atoms with Gasteiger partial charge in [-0.25, -0.2) is 9.97 Å². The van der Waals surface area contributed by atoms with Gasteiger partial charge in [0.05, 0.1) is 5.52 Å². The molecular weight excluding hydrogens is 224 g/mol. The number of nitrogens with zero attached hydrogens (tertiary/aromatic N) is 2. The minimum absolute atomic E-state index is 0.528. The molecule has 2 atom stereocenters. The van der Waals surface area contributed by atoms with Crippen LogP contribution in [-0.4, -0.2) is 16.0 Å². The standard InChI is InChI=1S/C14H18N4/c1-9-3-2-4-12(9)18-14-11-6-5-10(15)7-13(11)16-8-17-14/h5-9,12H,2-4,15H2,1H3,(H,16,17,18). The maximum atomic E-state index is 5.78. The van der Waals surface area contributed by atoms with Crippen LogP contribution in [0.4, 0.5) is 11.5 Å². The zero-order valence-corrected chi connectivity index (χ0v) is 10.6. The summed E-state index contributed by atoms with van der Waals surface area (Å²) in [7, 11) is 0. The minimum Gasteiger partial charge on any atom is -0.399 e. The SMILES string of the molecule is CC1CCCC1Nc1ncnc2cc(N)ccc12. The Hall–Kier alpha value is -1.84. The van der Waals surface area contributed by atoms with E-state index in [1.54, 1.807) is 6.33 Å². The summed E-state index contributed by atoms with van der Waals surface area (Å²) >= 11 is 0. The van der Waals surface area contributed by atoms with Gasteiger partial charge in [0.1, 0.15) is 12.1 Å². The Bertz CT molecular complexity index is 567. The van der Waals surface area contributed by atoms with Gasteiger partial charge in [0, 0.05) is 17.1 Å². The summed E-state index contributed by atoms with van der Waals surface area (Å²) in [5, 5.41) is 4.61. The first-order chi connectivity index (χ1) is 8.74. The van der Waals surface area contributed by atoms with Gasteiger partial charge in [-0.2, -0.15) is 0 Å². The summed E-state index contributed by atoms with van der Waals surface area (Å²) in [6.45, 7) is 2.30. The Morgan fingerprint density at radius 3 is 2.94 bits per heavy atom. The first kappa shape index (κ1) is 11.3. The van der Waals surface area contributed by atoms with Crippen LogP contribution in [-0.2, 0) is 0 Å². The molecule has 0 aliphatic heterocycles. The molecule has 2 unspecified atom stereocenters. The third-order valence-corrected chi connectivity index (χ3v) is 3.84. The van der Waals surface area contributed by atoms with Gasteiger partial charge in [0.15, 0.2) is 0 Å². The molecule has 3 N–H and O–H groups in total. The summed E-state index contributed by atoms with van der Waals surface area (Å²) in [6.07, 6.45) is 5.42. The van der Waals surface area contributed by atoms with Crippen molar-refractivity contribution in [2.24, 2.45) is 5.92 Å². The van der Waals surface area contributed by atoms with Crippen molar-refractivity contribution < 1.29 is 0 Å². The first-order valence-electron chi connectivity index (χ1n) is 6.51. The van der Waals surface area contributed by atoms with Crippen molar-refractivity contribution in [3.05, 3.63) is 24.5 Å². The number of aromatic nitrogens is 2. The van der Waals surface area contributed by atoms with Crippen LogP contribution in [0.1, 0.15) is 26.2 Å². The molecule has 1 aromatic heterocycles. The lowest BCUT2D eigenvalue weighted by molar-refractivity contribution is 0.555. The molecule has 0 radical (unpaired) electrons. The highest BCUT2D eigenvalue weighted by atomic mass is 15.0. The van der Waals surface area contributed by atoms with Crippen LogP contribution in [0.15, 0.2) is 24.5 Å². The summed E-state index contributed by atoms with van der Waals surface area (Å²) in [5.74, 6) is 1.64. The number of nitrogen functional groups attached to an aromatic ring is 1. The summed E-state index contributed by atoms with van der Waals surface area (Å²) in [4.78, 5) is 8.64. The molecule has 18 heavy (non-hydrogen) atoms. The fourth-order valence-corrected chi connectivity index (χ4v) is 2.72. The molecule has 2 aromatic rings. The molecule has 0 saturated heterocycles. The Morgan fingerprint density at radius 2 is 2.17 bits per heavy atom. The van der Waals surface area contributed by atoms with E-state index in [4.69, 9.17) is 5.73 Å². The van der Waals surface area contributed by atoms with Crippen molar-refractivity contribution in [2.45, 2.75) is 32.2 Å². The van der Waals surface area contributed by atoms with Gasteiger partial charge in [-0.05, 0) is 37.0 Å². The highest BCUT2D eigenvalue weighted by Crippen LogP contribution is 2.29. The highest BCUT2D eigenvalue weighted by Gasteiger charge is 2.23. The van der Waals surface area contributed by atoms with Crippen LogP contribution in [0, 0.1) is 5.92 Å². The first-order valence-corrected chi connectivity index (χ1v) is 6.51. The fraction of sp³-hybridized carbons (Fsp3) is 0.429. The Kier molecular flexibility index (Phi) is 2.78. The summed E-state index contributed by atoms with van der Waals surface area (Å²) < 4.78 is 0. The largest absolute Gasteiger partial charge is 0.399 e. The third-order valence-electron chi connectivity index (χ3n) is 3.84. The lowest BCUT2D eigenvalue weighted by Gasteiger charge is -2.18. The molecule has 94 valence electrons. The van der Waals surface area contributed by atoms with Crippen LogP contribution in [0.5, 0.6) is 0 Å². The van der Waals surface area contributed by atoms with Gasteiger partial charge < -0.3 is 11.1 Å². The second-order valence-electron chi connectivity index (χ2n) is 5.16. The van der Waals surface area contributed by atoms with Crippen molar-refractivity contribution in [3.8, 4) is 0 Å². The predicted molar refractivity (Wildman–Crippen MR) is 74.4 cm³/mol. The van der Waals surface area contributed by atoms with Gasteiger partial charge in [0.2, 0.25) is 0 Å². The Balaban J connectivity index is 1.96. The number of fused-ring (bicyclic) bond motifs is 1. The zero-order chi connectivity index (χ0) is 12.5. The number of hydrogen-bond donors (Lipinski definition) is 2. The van der Waals surface area contributed by atoms with E-state index in [-0.39, 0.29) is 0 Å². The molecule has 4 heteroatoms. The van der Waals surface area contributed by atoms with E-state index in [1.807, 2.05) is 18.2 Å². The second-order valence-corrected chi connectivity index (χ2v) is 5.16. The number of rotatable bonds is 2. The molecule has 1 saturated carbocycles. The van der Waals surface area contributed by atoms with Gasteiger partial charge in [-0.15, -0.1) is 0 Å². The van der Waals surface area contributed by atoms with Crippen LogP contribution in [0.2, 0.25) is 0 Å². The lowest BCUT2D eigenvalue weighted by Crippen LogP contribution is -2.22. The number of anilines is 2. The average molecular weight is 242 g/mol. The topological polar surface area (TPSA) is 63.8 Å². The molecule has 0 bridgehead atoms. The molecule has 1 fully saturated rings. The number of benzene rings is 1. The number of hydrogen-bond acceptors (Lipinski definition) is 4. The minimum atomic E-state index is 0.528. The number of nitrogens with two attached hydrogens (primary N) is 1. The predicted octanol–water partition coefficient (Wildman–Crippen LogP) is 2.81. The van der Waals surface area contributed by atoms with E-state index < -0.39 is 0 Å². The monoisotopic (exact) mass is 242 g/mol. The van der Waals surface area contributed by atoms with Gasteiger partial charge in [0.25, 0.3) is 0 Å². The second kappa shape index (κ2) is 4.44. The molecule has 0 amide bonds. The van der Waals surface area contributed by atoms with Crippen LogP contribution in [0.25, 0.3) is 10.9 Å². The molecule has 1 aromatic carbocycles. The van der Waals surface area contributed by atoms with Crippen molar-refractivity contribution in [1.29, 1.82) is 0 Å². The van der Waals surface area contributed by atoms with E-state index in [2.05, 4.69) is 22.2 Å². The van der Waals surface area contributed by atoms with Crippen LogP contribution >= 0.6 is 0 Å². The van der Waals surface area contributed by atoms with Crippen molar-refractivity contribution in [1.82, 2.24) is 9.97 Å². The maximum Gasteiger partial charge on any atom is 0.137 e. The quantitative estimate of drug-likeness (QED) is 0.795. The van der Waals surface area contributed by atoms with E-state index in [0.717, 1.165) is 22.4 Å². The van der Waals surface area contributed by atoms with E-state index >= 15 is 0 Å². The molecule has 1 heterocycles. The van der Waals surface area contributed by atoms with Crippen molar-refractivity contribution >= 4 is 22.4 Å². The van der Waals surface area contributed by atoms with E-state index in [9.17, 15) is 0 Å². The Labute approximate surface area is 107 Å². The smallest absolute Gasteiger partial charge is 0.137 e. The molecule has 1 aliphatic carbocycles. The van der Waals surface area contributed by atoms with E-state index in [1.165, 1.54) is 19.3 Å². The van der Waals surface area contributed by atoms with E-state index in [0.29, 0.717) is 12.0 Å². The van der Waals surface area contributed by atoms with Crippen LogP contribution < -0.4 is 11.1 Å². The molecule has 0 spiro atoms. The molecule has 3 rings (SSSR count). The van der Waals surface area contributed by atoms with Gasteiger partial charge in [-0.1, -0.05) is 13.3 Å². The van der Waals surface area contributed by atoms with Crippen molar-refractivity contribution in [3.63, 3.8) is 0 Å². The highest BCUT2D eigenvalue weighted by molar-refractivity contribution is 5.90. The lowest BCUT2D eigenvalue weighted by atomic mass is 10.1. The molecule has 4 nitrogen and oxygen atoms in total. The van der Waals surface area contributed by atoms with Crippen LogP contribution in [0.3, 0.4) is 0 Å². The molecule has 1 aliphatic rings. The normalized spacial score (nSPS) is 23.4. The maximum absolute atomic E-state index is 5.78. The molecular formula is C14H18N4.